The smallest absolute Gasteiger partial charge is 0.0156 e. The van der Waals surface area contributed by atoms with Crippen molar-refractivity contribution >= 4 is 0 Å². The van der Waals surface area contributed by atoms with Gasteiger partial charge in [-0.2, -0.15) is 0 Å². The molecule has 1 aliphatic carbocycles. The van der Waals surface area contributed by atoms with Gasteiger partial charge in [0.2, 0.25) is 0 Å². The predicted molar refractivity (Wildman–Crippen MR) is 50.5 cm³/mol. The predicted octanol–water partition coefficient (Wildman–Crippen LogP) is 3.55. The second-order valence-electron chi connectivity index (χ2n) is 4.09. The minimum absolute atomic E-state index is 0.296. The van der Waals surface area contributed by atoms with Gasteiger partial charge in [-0.25, -0.2) is 0 Å². The molecule has 62 valence electrons. The van der Waals surface area contributed by atoms with Crippen molar-refractivity contribution in [2.75, 3.05) is 0 Å². The number of rotatable bonds is 1. The first-order chi connectivity index (χ1) is 4.92. The fraction of sp³-hybridized carbons (Fsp3) is 0.636. The molecule has 0 aromatic carbocycles. The summed E-state index contributed by atoms with van der Waals surface area (Å²) in [5, 5.41) is 0. The van der Waals surface area contributed by atoms with Crippen molar-refractivity contribution in [3.8, 4) is 0 Å². The highest BCUT2D eigenvalue weighted by atomic mass is 14.5. The molecule has 0 heterocycles. The first-order valence-electron chi connectivity index (χ1n) is 4.30. The first-order valence-corrected chi connectivity index (χ1v) is 4.30. The van der Waals surface area contributed by atoms with Gasteiger partial charge in [0, 0.05) is 5.41 Å². The van der Waals surface area contributed by atoms with Crippen molar-refractivity contribution in [1.82, 2.24) is 0 Å². The van der Waals surface area contributed by atoms with Crippen LogP contribution in [0.25, 0.3) is 0 Å². The molecule has 11 heavy (non-hydrogen) atoms. The van der Waals surface area contributed by atoms with E-state index >= 15 is 0 Å². The Morgan fingerprint density at radius 3 is 1.91 bits per heavy atom. The van der Waals surface area contributed by atoms with Gasteiger partial charge in [-0.05, 0) is 30.9 Å². The Morgan fingerprint density at radius 1 is 1.27 bits per heavy atom. The molecule has 1 unspecified atom stereocenters. The van der Waals surface area contributed by atoms with Crippen molar-refractivity contribution in [1.29, 1.82) is 0 Å². The molecule has 0 fully saturated rings. The normalized spacial score (nSPS) is 31.3. The van der Waals surface area contributed by atoms with Crippen molar-refractivity contribution < 1.29 is 0 Å². The van der Waals surface area contributed by atoms with E-state index in [1.54, 1.807) is 0 Å². The minimum Gasteiger partial charge on any atom is -0.0947 e. The van der Waals surface area contributed by atoms with E-state index in [1.165, 1.54) is 16.7 Å². The van der Waals surface area contributed by atoms with Crippen LogP contribution in [0.3, 0.4) is 0 Å². The molecule has 0 aromatic rings. The third-order valence-electron chi connectivity index (χ3n) is 3.58. The van der Waals surface area contributed by atoms with Crippen LogP contribution < -0.4 is 0 Å². The van der Waals surface area contributed by atoms with E-state index in [9.17, 15) is 0 Å². The third kappa shape index (κ3) is 0.817. The maximum Gasteiger partial charge on any atom is 0.0156 e. The molecular formula is C11H18. The summed E-state index contributed by atoms with van der Waals surface area (Å²) >= 11 is 0. The van der Waals surface area contributed by atoms with Crippen molar-refractivity contribution in [2.45, 2.75) is 34.6 Å². The number of hydrogen-bond donors (Lipinski definition) is 0. The second kappa shape index (κ2) is 2.23. The number of hydrogen-bond acceptors (Lipinski definition) is 0. The van der Waals surface area contributed by atoms with E-state index in [2.05, 4.69) is 41.2 Å². The van der Waals surface area contributed by atoms with Crippen LogP contribution in [0.15, 0.2) is 23.3 Å². The molecule has 1 aliphatic rings. The van der Waals surface area contributed by atoms with Gasteiger partial charge in [0.15, 0.2) is 0 Å². The van der Waals surface area contributed by atoms with Gasteiger partial charge < -0.3 is 0 Å². The Kier molecular flexibility index (Phi) is 1.74. The molecule has 1 rings (SSSR count). The van der Waals surface area contributed by atoms with E-state index in [1.807, 2.05) is 0 Å². The van der Waals surface area contributed by atoms with Crippen LogP contribution in [-0.2, 0) is 0 Å². The Labute approximate surface area is 70.0 Å². The Bertz CT molecular complexity index is 230. The molecule has 0 bridgehead atoms. The van der Waals surface area contributed by atoms with E-state index in [0.29, 0.717) is 11.3 Å². The van der Waals surface area contributed by atoms with Crippen LogP contribution in [0.2, 0.25) is 0 Å². The van der Waals surface area contributed by atoms with Crippen molar-refractivity contribution in [3.05, 3.63) is 23.3 Å². The summed E-state index contributed by atoms with van der Waals surface area (Å²) in [4.78, 5) is 0. The van der Waals surface area contributed by atoms with Crippen LogP contribution >= 0.6 is 0 Å². The summed E-state index contributed by atoms with van der Waals surface area (Å²) in [6, 6.07) is 0. The van der Waals surface area contributed by atoms with Gasteiger partial charge in [0.25, 0.3) is 0 Å². The lowest BCUT2D eigenvalue weighted by Crippen LogP contribution is -2.35. The van der Waals surface area contributed by atoms with Gasteiger partial charge in [0.05, 0.1) is 0 Å². The molecule has 0 N–H and O–H groups in total. The third-order valence-corrected chi connectivity index (χ3v) is 3.58. The fourth-order valence-electron chi connectivity index (χ4n) is 1.95. The molecular weight excluding hydrogens is 132 g/mol. The van der Waals surface area contributed by atoms with Gasteiger partial charge in [0.1, 0.15) is 0 Å². The lowest BCUT2D eigenvalue weighted by molar-refractivity contribution is 0.310. The number of allylic oxidation sites excluding steroid dienone is 3. The summed E-state index contributed by atoms with van der Waals surface area (Å²) < 4.78 is 0. The Balaban J connectivity index is 3.05. The molecule has 0 radical (unpaired) electrons. The van der Waals surface area contributed by atoms with Crippen molar-refractivity contribution in [3.63, 3.8) is 0 Å². The molecule has 0 saturated heterocycles. The lowest BCUT2D eigenvalue weighted by atomic mass is 9.57. The van der Waals surface area contributed by atoms with Gasteiger partial charge in [-0.15, -0.1) is 0 Å². The van der Waals surface area contributed by atoms with Crippen LogP contribution in [0.1, 0.15) is 34.6 Å². The minimum atomic E-state index is 0.296. The SMILES string of the molecule is C=C1C(C)=C(C)C1(C)C(C)C. The van der Waals surface area contributed by atoms with E-state index < -0.39 is 0 Å². The summed E-state index contributed by atoms with van der Waals surface area (Å²) in [6.07, 6.45) is 0. The van der Waals surface area contributed by atoms with Crippen LogP contribution in [0.4, 0.5) is 0 Å². The highest BCUT2D eigenvalue weighted by molar-refractivity contribution is 5.53. The molecule has 0 aromatic heterocycles. The zero-order valence-corrected chi connectivity index (χ0v) is 8.28. The van der Waals surface area contributed by atoms with Crippen LogP contribution in [0.5, 0.6) is 0 Å². The van der Waals surface area contributed by atoms with E-state index in [4.69, 9.17) is 0 Å². The topological polar surface area (TPSA) is 0 Å². The quantitative estimate of drug-likeness (QED) is 0.536. The maximum absolute atomic E-state index is 4.11. The lowest BCUT2D eigenvalue weighted by Gasteiger charge is -2.47. The van der Waals surface area contributed by atoms with Crippen molar-refractivity contribution in [2.24, 2.45) is 11.3 Å². The summed E-state index contributed by atoms with van der Waals surface area (Å²) in [6.45, 7) is 15.3. The van der Waals surface area contributed by atoms with E-state index in [0.717, 1.165) is 0 Å². The first kappa shape index (κ1) is 8.58. The molecule has 0 nitrogen and oxygen atoms in total. The largest absolute Gasteiger partial charge is 0.0947 e. The average molecular weight is 150 g/mol. The van der Waals surface area contributed by atoms with E-state index in [-0.39, 0.29) is 0 Å². The molecule has 1 atom stereocenters. The highest BCUT2D eigenvalue weighted by Gasteiger charge is 2.42. The Morgan fingerprint density at radius 2 is 1.73 bits per heavy atom. The highest BCUT2D eigenvalue weighted by Crippen LogP contribution is 2.54. The Hall–Kier alpha value is -0.520. The summed E-state index contributed by atoms with van der Waals surface area (Å²) in [5.74, 6) is 0.679. The molecule has 0 heteroatoms. The monoisotopic (exact) mass is 150 g/mol. The molecule has 0 spiro atoms. The van der Waals surface area contributed by atoms with Gasteiger partial charge in [-0.1, -0.05) is 32.9 Å². The van der Waals surface area contributed by atoms with Crippen LogP contribution in [0, 0.1) is 11.3 Å². The van der Waals surface area contributed by atoms with Crippen LogP contribution in [-0.4, -0.2) is 0 Å². The fourth-order valence-corrected chi connectivity index (χ4v) is 1.95. The average Bonchev–Trinajstić information content (AvgIpc) is 1.99. The van der Waals surface area contributed by atoms with Gasteiger partial charge >= 0.3 is 0 Å². The second-order valence-corrected chi connectivity index (χ2v) is 4.09. The zero-order chi connectivity index (χ0) is 8.81. The molecule has 0 saturated carbocycles. The summed E-state index contributed by atoms with van der Waals surface area (Å²) in [5.41, 5.74) is 4.58. The zero-order valence-electron chi connectivity index (χ0n) is 8.28. The molecule has 0 aliphatic heterocycles. The standard InChI is InChI=1S/C11H18/c1-7(2)11(6)9(4)8(3)10(11)5/h7H,4H2,1-3,5-6H3. The molecule has 0 amide bonds. The summed E-state index contributed by atoms with van der Waals surface area (Å²) in [7, 11) is 0. The van der Waals surface area contributed by atoms with Gasteiger partial charge in [-0.3, -0.25) is 0 Å². The maximum atomic E-state index is 4.11.